The molecule has 1 heterocycles. The quantitative estimate of drug-likeness (QED) is 0.800. The van der Waals surface area contributed by atoms with Gasteiger partial charge in [-0.25, -0.2) is 4.98 Å². The molecule has 0 saturated carbocycles. The van der Waals surface area contributed by atoms with Crippen molar-refractivity contribution >= 4 is 5.69 Å². The van der Waals surface area contributed by atoms with Gasteiger partial charge < -0.3 is 10.3 Å². The van der Waals surface area contributed by atoms with Gasteiger partial charge in [-0.3, -0.25) is 0 Å². The van der Waals surface area contributed by atoms with Crippen LogP contribution in [0.25, 0.3) is 11.4 Å². The number of imidazole rings is 1. The number of nitrogen functional groups attached to an aromatic ring is 1. The Labute approximate surface area is 95.9 Å². The number of hydrogen-bond donors (Lipinski definition) is 1. The van der Waals surface area contributed by atoms with Crippen LogP contribution in [0.4, 0.5) is 5.69 Å². The minimum Gasteiger partial charge on any atom is -0.399 e. The minimum atomic E-state index is 0.779. The summed E-state index contributed by atoms with van der Waals surface area (Å²) in [6.45, 7) is 5.17. The van der Waals surface area contributed by atoms with E-state index in [0.29, 0.717) is 0 Å². The summed E-state index contributed by atoms with van der Waals surface area (Å²) in [5.41, 5.74) is 8.70. The fraction of sp³-hybridized carbons (Fsp3) is 0.308. The molecule has 1 aromatic carbocycles. The van der Waals surface area contributed by atoms with Crippen molar-refractivity contribution in [1.82, 2.24) is 9.55 Å². The summed E-state index contributed by atoms with van der Waals surface area (Å²) in [5, 5.41) is 0. The largest absolute Gasteiger partial charge is 0.399 e. The Hall–Kier alpha value is -1.77. The maximum Gasteiger partial charge on any atom is 0.140 e. The summed E-state index contributed by atoms with van der Waals surface area (Å²) in [6.07, 6.45) is 3.19. The van der Waals surface area contributed by atoms with Gasteiger partial charge in [0.1, 0.15) is 5.82 Å². The van der Waals surface area contributed by atoms with Crippen LogP contribution in [0.3, 0.4) is 0 Å². The lowest BCUT2D eigenvalue weighted by Crippen LogP contribution is -1.98. The monoisotopic (exact) mass is 215 g/mol. The van der Waals surface area contributed by atoms with Gasteiger partial charge in [0.15, 0.2) is 0 Å². The zero-order valence-corrected chi connectivity index (χ0v) is 9.77. The molecule has 2 rings (SSSR count). The highest BCUT2D eigenvalue weighted by Gasteiger charge is 2.07. The molecule has 3 nitrogen and oxygen atoms in total. The van der Waals surface area contributed by atoms with Gasteiger partial charge in [0.05, 0.1) is 5.69 Å². The predicted octanol–water partition coefficient (Wildman–Crippen LogP) is 2.85. The molecule has 1 aromatic heterocycles. The van der Waals surface area contributed by atoms with E-state index in [1.54, 1.807) is 0 Å². The second-order valence-electron chi connectivity index (χ2n) is 4.02. The van der Waals surface area contributed by atoms with Gasteiger partial charge in [0.25, 0.3) is 0 Å². The maximum absolute atomic E-state index is 5.79. The number of nitrogens with zero attached hydrogens (tertiary/aromatic N) is 2. The predicted molar refractivity (Wildman–Crippen MR) is 67.1 cm³/mol. The number of aromatic nitrogens is 2. The second kappa shape index (κ2) is 4.39. The molecular formula is C13H17N3. The fourth-order valence-electron chi connectivity index (χ4n) is 1.87. The van der Waals surface area contributed by atoms with Gasteiger partial charge in [-0.15, -0.1) is 0 Å². The van der Waals surface area contributed by atoms with E-state index in [2.05, 4.69) is 22.7 Å². The van der Waals surface area contributed by atoms with Crippen LogP contribution in [0, 0.1) is 6.92 Å². The van der Waals surface area contributed by atoms with Gasteiger partial charge in [0.2, 0.25) is 0 Å². The van der Waals surface area contributed by atoms with Crippen molar-refractivity contribution in [3.63, 3.8) is 0 Å². The molecule has 0 bridgehead atoms. The van der Waals surface area contributed by atoms with Crippen molar-refractivity contribution in [1.29, 1.82) is 0 Å². The number of benzene rings is 1. The molecule has 0 aliphatic carbocycles. The van der Waals surface area contributed by atoms with E-state index in [9.17, 15) is 0 Å². The van der Waals surface area contributed by atoms with E-state index in [4.69, 9.17) is 5.73 Å². The lowest BCUT2D eigenvalue weighted by atomic mass is 10.2. The molecule has 0 spiro atoms. The smallest absolute Gasteiger partial charge is 0.140 e. The Bertz CT molecular complexity index is 486. The lowest BCUT2D eigenvalue weighted by molar-refractivity contribution is 0.685. The van der Waals surface area contributed by atoms with E-state index >= 15 is 0 Å². The van der Waals surface area contributed by atoms with Crippen LogP contribution >= 0.6 is 0 Å². The highest BCUT2D eigenvalue weighted by atomic mass is 15.1. The summed E-state index contributed by atoms with van der Waals surface area (Å²) in [7, 11) is 0. The first-order valence-corrected chi connectivity index (χ1v) is 5.60. The van der Waals surface area contributed by atoms with E-state index in [1.807, 2.05) is 31.2 Å². The van der Waals surface area contributed by atoms with Crippen LogP contribution in [0.2, 0.25) is 0 Å². The first-order valence-electron chi connectivity index (χ1n) is 5.60. The number of anilines is 1. The fourth-order valence-corrected chi connectivity index (χ4v) is 1.87. The molecule has 16 heavy (non-hydrogen) atoms. The standard InChI is InChI=1S/C13H17N3/c1-3-7-16-9-10(2)15-13(16)11-5-4-6-12(14)8-11/h4-6,8-9H,3,7,14H2,1-2H3. The molecule has 2 aromatic rings. The molecular weight excluding hydrogens is 198 g/mol. The van der Waals surface area contributed by atoms with Gasteiger partial charge >= 0.3 is 0 Å². The molecule has 0 aliphatic heterocycles. The average Bonchev–Trinajstić information content (AvgIpc) is 2.60. The molecule has 0 radical (unpaired) electrons. The average molecular weight is 215 g/mol. The van der Waals surface area contributed by atoms with E-state index < -0.39 is 0 Å². The van der Waals surface area contributed by atoms with Crippen molar-refractivity contribution in [2.45, 2.75) is 26.8 Å². The van der Waals surface area contributed by atoms with E-state index in [-0.39, 0.29) is 0 Å². The zero-order valence-electron chi connectivity index (χ0n) is 9.77. The number of nitrogens with two attached hydrogens (primary N) is 1. The van der Waals surface area contributed by atoms with E-state index in [0.717, 1.165) is 35.7 Å². The van der Waals surface area contributed by atoms with E-state index in [1.165, 1.54) is 0 Å². The second-order valence-corrected chi connectivity index (χ2v) is 4.02. The van der Waals surface area contributed by atoms with Crippen molar-refractivity contribution in [2.24, 2.45) is 0 Å². The summed E-state index contributed by atoms with van der Waals surface area (Å²) < 4.78 is 2.18. The van der Waals surface area contributed by atoms with Crippen molar-refractivity contribution in [3.05, 3.63) is 36.2 Å². The van der Waals surface area contributed by atoms with Crippen LogP contribution in [-0.4, -0.2) is 9.55 Å². The number of rotatable bonds is 3. The molecule has 0 unspecified atom stereocenters. The molecule has 0 saturated heterocycles. The van der Waals surface area contributed by atoms with Crippen LogP contribution in [-0.2, 0) is 6.54 Å². The van der Waals surface area contributed by atoms with Crippen LogP contribution in [0.15, 0.2) is 30.5 Å². The normalized spacial score (nSPS) is 10.6. The highest BCUT2D eigenvalue weighted by Crippen LogP contribution is 2.21. The topological polar surface area (TPSA) is 43.8 Å². The van der Waals surface area contributed by atoms with Gasteiger partial charge in [-0.1, -0.05) is 19.1 Å². The third-order valence-corrected chi connectivity index (χ3v) is 2.51. The lowest BCUT2D eigenvalue weighted by Gasteiger charge is -2.06. The highest BCUT2D eigenvalue weighted by molar-refractivity contribution is 5.61. The molecule has 0 amide bonds. The van der Waals surface area contributed by atoms with Gasteiger partial charge in [0, 0.05) is 24.0 Å². The molecule has 3 heteroatoms. The summed E-state index contributed by atoms with van der Waals surface area (Å²) >= 11 is 0. The summed E-state index contributed by atoms with van der Waals surface area (Å²) in [4.78, 5) is 4.55. The molecule has 0 aliphatic rings. The van der Waals surface area contributed by atoms with Crippen LogP contribution in [0.1, 0.15) is 19.0 Å². The van der Waals surface area contributed by atoms with Crippen molar-refractivity contribution < 1.29 is 0 Å². The molecule has 0 atom stereocenters. The van der Waals surface area contributed by atoms with Gasteiger partial charge in [-0.2, -0.15) is 0 Å². The Morgan fingerprint density at radius 1 is 1.38 bits per heavy atom. The third kappa shape index (κ3) is 2.08. The first kappa shape index (κ1) is 10.7. The Kier molecular flexibility index (Phi) is 2.95. The third-order valence-electron chi connectivity index (χ3n) is 2.51. The molecule has 84 valence electrons. The maximum atomic E-state index is 5.79. The number of aryl methyl sites for hydroxylation is 2. The minimum absolute atomic E-state index is 0.779. The van der Waals surface area contributed by atoms with Crippen LogP contribution in [0.5, 0.6) is 0 Å². The SMILES string of the molecule is CCCn1cc(C)nc1-c1cccc(N)c1. The number of hydrogen-bond acceptors (Lipinski definition) is 2. The van der Waals surface area contributed by atoms with Crippen LogP contribution < -0.4 is 5.73 Å². The summed E-state index contributed by atoms with van der Waals surface area (Å²) in [6, 6.07) is 7.87. The Morgan fingerprint density at radius 2 is 2.19 bits per heavy atom. The van der Waals surface area contributed by atoms with Gasteiger partial charge in [-0.05, 0) is 25.5 Å². The Balaban J connectivity index is 2.46. The molecule has 0 fully saturated rings. The van der Waals surface area contributed by atoms with Crippen molar-refractivity contribution in [2.75, 3.05) is 5.73 Å². The Morgan fingerprint density at radius 3 is 2.88 bits per heavy atom. The first-order chi connectivity index (χ1) is 7.70. The van der Waals surface area contributed by atoms with Crippen molar-refractivity contribution in [3.8, 4) is 11.4 Å². The summed E-state index contributed by atoms with van der Waals surface area (Å²) in [5.74, 6) is 1.01. The zero-order chi connectivity index (χ0) is 11.5. The molecule has 2 N–H and O–H groups in total.